The summed E-state index contributed by atoms with van der Waals surface area (Å²) in [5.74, 6) is -0.487. The molecule has 150 valence electrons. The van der Waals surface area contributed by atoms with Crippen LogP contribution in [0.15, 0.2) is 41.8 Å². The van der Waals surface area contributed by atoms with Gasteiger partial charge in [-0.2, -0.15) is 0 Å². The van der Waals surface area contributed by atoms with Crippen molar-refractivity contribution in [3.05, 3.63) is 64.3 Å². The SMILES string of the molecule is C=CC(C)n1cc(NS(=O)(=O)C2CC2)c(Nc2ccc(C)cc2F)c(C)c1=O. The Balaban J connectivity index is 2.14. The molecule has 1 aromatic carbocycles. The average molecular weight is 405 g/mol. The topological polar surface area (TPSA) is 80.2 Å². The Morgan fingerprint density at radius 3 is 2.54 bits per heavy atom. The van der Waals surface area contributed by atoms with Crippen LogP contribution < -0.4 is 15.6 Å². The van der Waals surface area contributed by atoms with Gasteiger partial charge in [0.15, 0.2) is 0 Å². The number of hydrogen-bond donors (Lipinski definition) is 2. The Morgan fingerprint density at radius 1 is 1.29 bits per heavy atom. The van der Waals surface area contributed by atoms with Crippen LogP contribution in [-0.4, -0.2) is 18.2 Å². The molecular formula is C20H24FN3O3S. The van der Waals surface area contributed by atoms with Crippen LogP contribution in [0.4, 0.5) is 21.5 Å². The molecule has 28 heavy (non-hydrogen) atoms. The van der Waals surface area contributed by atoms with E-state index in [-0.39, 0.29) is 34.2 Å². The lowest BCUT2D eigenvalue weighted by Crippen LogP contribution is -2.27. The second-order valence-electron chi connectivity index (χ2n) is 7.19. The van der Waals surface area contributed by atoms with E-state index in [9.17, 15) is 17.6 Å². The first-order chi connectivity index (χ1) is 13.1. The summed E-state index contributed by atoms with van der Waals surface area (Å²) in [7, 11) is -3.58. The molecule has 1 heterocycles. The number of nitrogens with one attached hydrogen (secondary N) is 2. The summed E-state index contributed by atoms with van der Waals surface area (Å²) in [6.45, 7) is 8.82. The van der Waals surface area contributed by atoms with E-state index in [4.69, 9.17) is 0 Å². The van der Waals surface area contributed by atoms with Crippen LogP contribution in [0.2, 0.25) is 0 Å². The van der Waals surface area contributed by atoms with Gasteiger partial charge >= 0.3 is 0 Å². The molecule has 0 radical (unpaired) electrons. The normalized spacial score (nSPS) is 15.1. The van der Waals surface area contributed by atoms with Gasteiger partial charge in [0.25, 0.3) is 5.56 Å². The van der Waals surface area contributed by atoms with E-state index >= 15 is 0 Å². The summed E-state index contributed by atoms with van der Waals surface area (Å²) < 4.78 is 43.3. The maximum absolute atomic E-state index is 14.3. The van der Waals surface area contributed by atoms with Gasteiger partial charge in [0, 0.05) is 11.8 Å². The summed E-state index contributed by atoms with van der Waals surface area (Å²) in [5, 5.41) is 2.47. The van der Waals surface area contributed by atoms with Crippen molar-refractivity contribution in [2.45, 2.75) is 44.9 Å². The molecule has 2 aromatic rings. The minimum absolute atomic E-state index is 0.162. The van der Waals surface area contributed by atoms with Crippen LogP contribution in [0, 0.1) is 19.7 Å². The summed E-state index contributed by atoms with van der Waals surface area (Å²) in [4.78, 5) is 12.8. The zero-order valence-electron chi connectivity index (χ0n) is 16.1. The number of pyridine rings is 1. The fourth-order valence-corrected chi connectivity index (χ4v) is 4.28. The Labute approximate surface area is 164 Å². The smallest absolute Gasteiger partial charge is 0.256 e. The van der Waals surface area contributed by atoms with Gasteiger partial charge in [-0.15, -0.1) is 6.58 Å². The number of sulfonamides is 1. The molecule has 3 rings (SSSR count). The Bertz CT molecular complexity index is 1090. The van der Waals surface area contributed by atoms with E-state index in [1.807, 2.05) is 0 Å². The molecule has 1 atom stereocenters. The van der Waals surface area contributed by atoms with Crippen molar-refractivity contribution in [1.29, 1.82) is 0 Å². The lowest BCUT2D eigenvalue weighted by Gasteiger charge is -2.21. The molecule has 8 heteroatoms. The van der Waals surface area contributed by atoms with Crippen molar-refractivity contribution in [2.24, 2.45) is 0 Å². The van der Waals surface area contributed by atoms with E-state index in [1.54, 1.807) is 39.0 Å². The average Bonchev–Trinajstić information content (AvgIpc) is 3.48. The molecule has 0 bridgehead atoms. The third kappa shape index (κ3) is 3.96. The van der Waals surface area contributed by atoms with Crippen LogP contribution in [0.5, 0.6) is 0 Å². The summed E-state index contributed by atoms with van der Waals surface area (Å²) in [5.41, 5.74) is 1.34. The number of allylic oxidation sites excluding steroid dienone is 1. The molecule has 6 nitrogen and oxygen atoms in total. The molecular weight excluding hydrogens is 381 g/mol. The molecule has 1 aliphatic rings. The Morgan fingerprint density at radius 2 is 1.96 bits per heavy atom. The third-order valence-electron chi connectivity index (χ3n) is 4.85. The van der Waals surface area contributed by atoms with E-state index in [1.165, 1.54) is 16.8 Å². The number of aromatic nitrogens is 1. The zero-order valence-corrected chi connectivity index (χ0v) is 16.9. The van der Waals surface area contributed by atoms with Gasteiger partial charge in [-0.25, -0.2) is 12.8 Å². The number of halogens is 1. The first kappa shape index (κ1) is 20.1. The Hall–Kier alpha value is -2.61. The maximum Gasteiger partial charge on any atom is 0.256 e. The highest BCUT2D eigenvalue weighted by atomic mass is 32.2. The number of aryl methyl sites for hydroxylation is 1. The molecule has 1 fully saturated rings. The van der Waals surface area contributed by atoms with Crippen LogP contribution in [-0.2, 0) is 10.0 Å². The molecule has 1 aliphatic carbocycles. The molecule has 0 spiro atoms. The van der Waals surface area contributed by atoms with Crippen LogP contribution in [0.25, 0.3) is 0 Å². The van der Waals surface area contributed by atoms with Gasteiger partial charge < -0.3 is 9.88 Å². The monoisotopic (exact) mass is 405 g/mol. The van der Waals surface area contributed by atoms with Crippen molar-refractivity contribution in [3.63, 3.8) is 0 Å². The minimum Gasteiger partial charge on any atom is -0.351 e. The largest absolute Gasteiger partial charge is 0.351 e. The van der Waals surface area contributed by atoms with Gasteiger partial charge in [-0.3, -0.25) is 9.52 Å². The number of benzene rings is 1. The molecule has 2 N–H and O–H groups in total. The second-order valence-corrected chi connectivity index (χ2v) is 9.15. The minimum atomic E-state index is -3.58. The summed E-state index contributed by atoms with van der Waals surface area (Å²) in [6, 6.07) is 4.32. The fourth-order valence-electron chi connectivity index (χ4n) is 2.89. The first-order valence-electron chi connectivity index (χ1n) is 9.07. The van der Waals surface area contributed by atoms with Crippen LogP contribution >= 0.6 is 0 Å². The lowest BCUT2D eigenvalue weighted by atomic mass is 10.1. The number of nitrogens with zero attached hydrogens (tertiary/aromatic N) is 1. The number of hydrogen-bond acceptors (Lipinski definition) is 4. The molecule has 0 aliphatic heterocycles. The standard InChI is InChI=1S/C20H24FN3O3S/c1-5-13(3)24-11-18(23-28(26,27)15-7-8-15)19(14(4)20(24)25)22-17-9-6-12(2)10-16(17)21/h5-6,9-11,13,15,22-23H,1,7-8H2,2-4H3. The van der Waals surface area contributed by atoms with E-state index in [0.717, 1.165) is 5.56 Å². The summed E-state index contributed by atoms with van der Waals surface area (Å²) >= 11 is 0. The van der Waals surface area contributed by atoms with Crippen molar-refractivity contribution in [1.82, 2.24) is 4.57 Å². The van der Waals surface area contributed by atoms with Crippen molar-refractivity contribution in [2.75, 3.05) is 10.0 Å². The molecule has 0 saturated heterocycles. The van der Waals surface area contributed by atoms with E-state index in [2.05, 4.69) is 16.6 Å². The highest BCUT2D eigenvalue weighted by Gasteiger charge is 2.36. The number of rotatable bonds is 7. The first-order valence-corrected chi connectivity index (χ1v) is 10.6. The predicted octanol–water partition coefficient (Wildman–Crippen LogP) is 4.00. The van der Waals surface area contributed by atoms with E-state index < -0.39 is 21.1 Å². The van der Waals surface area contributed by atoms with E-state index in [0.29, 0.717) is 12.8 Å². The van der Waals surface area contributed by atoms with Crippen LogP contribution in [0.3, 0.4) is 0 Å². The lowest BCUT2D eigenvalue weighted by molar-refractivity contribution is 0.599. The Kier molecular flexibility index (Phi) is 5.34. The zero-order chi connectivity index (χ0) is 20.6. The second kappa shape index (κ2) is 7.43. The quantitative estimate of drug-likeness (QED) is 0.683. The van der Waals surface area contributed by atoms with Gasteiger partial charge in [-0.05, 0) is 51.3 Å². The predicted molar refractivity (Wildman–Crippen MR) is 110 cm³/mol. The van der Waals surface area contributed by atoms with Crippen molar-refractivity contribution < 1.29 is 12.8 Å². The van der Waals surface area contributed by atoms with Gasteiger partial charge in [0.2, 0.25) is 10.0 Å². The molecule has 0 amide bonds. The molecule has 1 unspecified atom stereocenters. The maximum atomic E-state index is 14.3. The third-order valence-corrected chi connectivity index (χ3v) is 6.70. The summed E-state index contributed by atoms with van der Waals surface area (Å²) in [6.07, 6.45) is 4.24. The van der Waals surface area contributed by atoms with Gasteiger partial charge in [0.05, 0.1) is 28.4 Å². The van der Waals surface area contributed by atoms with Crippen molar-refractivity contribution in [3.8, 4) is 0 Å². The van der Waals surface area contributed by atoms with Crippen LogP contribution in [0.1, 0.15) is 36.9 Å². The highest BCUT2D eigenvalue weighted by molar-refractivity contribution is 7.93. The number of anilines is 3. The fraction of sp³-hybridized carbons (Fsp3) is 0.350. The molecule has 1 aromatic heterocycles. The molecule has 1 saturated carbocycles. The van der Waals surface area contributed by atoms with Gasteiger partial charge in [-0.1, -0.05) is 12.1 Å². The van der Waals surface area contributed by atoms with Crippen molar-refractivity contribution >= 4 is 27.1 Å². The van der Waals surface area contributed by atoms with Gasteiger partial charge in [0.1, 0.15) is 5.82 Å². The highest BCUT2D eigenvalue weighted by Crippen LogP contribution is 2.34.